The van der Waals surface area contributed by atoms with Crippen LogP contribution in [0.3, 0.4) is 0 Å². The van der Waals surface area contributed by atoms with Crippen LogP contribution in [-0.4, -0.2) is 46.8 Å². The van der Waals surface area contributed by atoms with E-state index in [0.717, 1.165) is 5.69 Å². The average molecular weight is 347 g/mol. The Hall–Kier alpha value is -2.34. The zero-order valence-corrected chi connectivity index (χ0v) is 14.2. The molecule has 6 nitrogen and oxygen atoms in total. The first-order chi connectivity index (χ1) is 11.6. The van der Waals surface area contributed by atoms with Crippen molar-refractivity contribution < 1.29 is 4.79 Å². The summed E-state index contributed by atoms with van der Waals surface area (Å²) in [5.41, 5.74) is 1.10. The van der Waals surface area contributed by atoms with Crippen LogP contribution in [0.5, 0.6) is 0 Å². The summed E-state index contributed by atoms with van der Waals surface area (Å²) >= 11 is 6.24. The number of carbonyl (C=O) groups excluding carboxylic acids is 1. The van der Waals surface area contributed by atoms with Gasteiger partial charge in [-0.15, -0.1) is 0 Å². The lowest BCUT2D eigenvalue weighted by Gasteiger charge is -2.36. The number of piperazine rings is 1. The molecule has 3 rings (SSSR count). The van der Waals surface area contributed by atoms with Crippen LogP contribution in [0.1, 0.15) is 17.4 Å². The third-order valence-corrected chi connectivity index (χ3v) is 4.46. The Morgan fingerprint density at radius 2 is 1.83 bits per heavy atom. The maximum Gasteiger partial charge on any atom is 0.274 e. The first kappa shape index (κ1) is 16.5. The van der Waals surface area contributed by atoms with Gasteiger partial charge in [0.1, 0.15) is 5.69 Å². The van der Waals surface area contributed by atoms with Crippen molar-refractivity contribution in [3.63, 3.8) is 0 Å². The second-order valence-electron chi connectivity index (χ2n) is 5.60. The topological polar surface area (TPSA) is 58.4 Å². The molecule has 7 heteroatoms. The fourth-order valence-corrected chi connectivity index (χ4v) is 3.07. The molecule has 0 unspecified atom stereocenters. The number of carbonyl (C=O) groups is 1. The summed E-state index contributed by atoms with van der Waals surface area (Å²) in [7, 11) is 0. The SMILES string of the molecule is CCn1nc(C(=O)N2CCN(c3ccccc3Cl)CC2)ccc1=O. The normalized spacial score (nSPS) is 14.8. The van der Waals surface area contributed by atoms with E-state index in [1.165, 1.54) is 16.8 Å². The lowest BCUT2D eigenvalue weighted by atomic mass is 10.2. The molecule has 0 N–H and O–H groups in total. The monoisotopic (exact) mass is 346 g/mol. The highest BCUT2D eigenvalue weighted by Gasteiger charge is 2.24. The summed E-state index contributed by atoms with van der Waals surface area (Å²) < 4.78 is 1.30. The van der Waals surface area contributed by atoms with Gasteiger partial charge in [-0.1, -0.05) is 23.7 Å². The molecule has 0 atom stereocenters. The molecule has 2 aromatic rings. The molecule has 0 saturated carbocycles. The van der Waals surface area contributed by atoms with Gasteiger partial charge in [-0.3, -0.25) is 9.59 Å². The molecule has 1 aliphatic heterocycles. The highest BCUT2D eigenvalue weighted by molar-refractivity contribution is 6.33. The van der Waals surface area contributed by atoms with Crippen LogP contribution in [-0.2, 0) is 6.54 Å². The maximum atomic E-state index is 12.6. The number of hydrogen-bond acceptors (Lipinski definition) is 4. The number of benzene rings is 1. The van der Waals surface area contributed by atoms with Gasteiger partial charge in [-0.05, 0) is 25.1 Å². The molecular weight excluding hydrogens is 328 g/mol. The Morgan fingerprint density at radius 3 is 2.50 bits per heavy atom. The molecule has 2 heterocycles. The van der Waals surface area contributed by atoms with Gasteiger partial charge in [0, 0.05) is 38.8 Å². The predicted octanol–water partition coefficient (Wildman–Crippen LogP) is 1.88. The van der Waals surface area contributed by atoms with Crippen molar-refractivity contribution in [3.05, 3.63) is 57.5 Å². The van der Waals surface area contributed by atoms with Gasteiger partial charge in [0.05, 0.1) is 10.7 Å². The number of para-hydroxylation sites is 1. The molecule has 1 saturated heterocycles. The van der Waals surface area contributed by atoms with E-state index in [1.807, 2.05) is 31.2 Å². The summed E-state index contributed by atoms with van der Waals surface area (Å²) in [6, 6.07) is 10.6. The van der Waals surface area contributed by atoms with Crippen LogP contribution in [0.2, 0.25) is 5.02 Å². The lowest BCUT2D eigenvalue weighted by molar-refractivity contribution is 0.0738. The molecule has 126 valence electrons. The summed E-state index contributed by atoms with van der Waals surface area (Å²) in [6.45, 7) is 4.88. The molecule has 1 aromatic heterocycles. The number of aromatic nitrogens is 2. The minimum absolute atomic E-state index is 0.143. The maximum absolute atomic E-state index is 12.6. The Kier molecular flexibility index (Phi) is 4.85. The highest BCUT2D eigenvalue weighted by atomic mass is 35.5. The smallest absolute Gasteiger partial charge is 0.274 e. The fraction of sp³-hybridized carbons (Fsp3) is 0.353. The van der Waals surface area contributed by atoms with Crippen LogP contribution in [0, 0.1) is 0 Å². The molecular formula is C17H19ClN4O2. The van der Waals surface area contributed by atoms with Crippen molar-refractivity contribution in [2.24, 2.45) is 0 Å². The number of aryl methyl sites for hydroxylation is 1. The molecule has 0 aliphatic carbocycles. The Labute approximate surface area is 145 Å². The van der Waals surface area contributed by atoms with E-state index in [-0.39, 0.29) is 11.5 Å². The van der Waals surface area contributed by atoms with Gasteiger partial charge >= 0.3 is 0 Å². The number of nitrogens with zero attached hydrogens (tertiary/aromatic N) is 4. The van der Waals surface area contributed by atoms with Crippen LogP contribution in [0.25, 0.3) is 0 Å². The molecule has 0 radical (unpaired) electrons. The van der Waals surface area contributed by atoms with E-state index < -0.39 is 0 Å². The van der Waals surface area contributed by atoms with E-state index in [1.54, 1.807) is 4.90 Å². The molecule has 0 bridgehead atoms. The standard InChI is InChI=1S/C17H19ClN4O2/c1-2-22-16(23)8-7-14(19-22)17(24)21-11-9-20(10-12-21)15-6-4-3-5-13(15)18/h3-8H,2,9-12H2,1H3. The first-order valence-electron chi connectivity index (χ1n) is 7.97. The van der Waals surface area contributed by atoms with Gasteiger partial charge in [-0.25, -0.2) is 4.68 Å². The second-order valence-corrected chi connectivity index (χ2v) is 6.01. The molecule has 0 spiro atoms. The average Bonchev–Trinajstić information content (AvgIpc) is 2.62. The first-order valence-corrected chi connectivity index (χ1v) is 8.35. The van der Waals surface area contributed by atoms with Gasteiger partial charge in [0.2, 0.25) is 0 Å². The Morgan fingerprint density at radius 1 is 1.12 bits per heavy atom. The number of hydrogen-bond donors (Lipinski definition) is 0. The molecule has 1 aliphatic rings. The van der Waals surface area contributed by atoms with Crippen molar-refractivity contribution >= 4 is 23.2 Å². The van der Waals surface area contributed by atoms with E-state index in [0.29, 0.717) is 43.4 Å². The summed E-state index contributed by atoms with van der Waals surface area (Å²) in [5.74, 6) is -0.143. The van der Waals surface area contributed by atoms with Gasteiger partial charge in [0.15, 0.2) is 0 Å². The van der Waals surface area contributed by atoms with Gasteiger partial charge in [-0.2, -0.15) is 5.10 Å². The lowest BCUT2D eigenvalue weighted by Crippen LogP contribution is -2.49. The molecule has 1 fully saturated rings. The number of rotatable bonds is 3. The Balaban J connectivity index is 1.69. The minimum Gasteiger partial charge on any atom is -0.367 e. The summed E-state index contributed by atoms with van der Waals surface area (Å²) in [6.07, 6.45) is 0. The van der Waals surface area contributed by atoms with Gasteiger partial charge in [0.25, 0.3) is 11.5 Å². The zero-order chi connectivity index (χ0) is 17.1. The highest BCUT2D eigenvalue weighted by Crippen LogP contribution is 2.26. The van der Waals surface area contributed by atoms with Crippen molar-refractivity contribution in [1.82, 2.24) is 14.7 Å². The second kappa shape index (κ2) is 7.05. The fourth-order valence-electron chi connectivity index (χ4n) is 2.81. The van der Waals surface area contributed by atoms with E-state index in [9.17, 15) is 9.59 Å². The number of anilines is 1. The largest absolute Gasteiger partial charge is 0.367 e. The minimum atomic E-state index is -0.197. The summed E-state index contributed by atoms with van der Waals surface area (Å²) in [5, 5.41) is 4.85. The van der Waals surface area contributed by atoms with Crippen LogP contribution in [0.15, 0.2) is 41.2 Å². The van der Waals surface area contributed by atoms with E-state index in [2.05, 4.69) is 10.00 Å². The van der Waals surface area contributed by atoms with Crippen LogP contribution < -0.4 is 10.5 Å². The van der Waals surface area contributed by atoms with E-state index in [4.69, 9.17) is 11.6 Å². The molecule has 1 amide bonds. The van der Waals surface area contributed by atoms with Crippen molar-refractivity contribution in [2.45, 2.75) is 13.5 Å². The van der Waals surface area contributed by atoms with Crippen molar-refractivity contribution in [3.8, 4) is 0 Å². The summed E-state index contributed by atoms with van der Waals surface area (Å²) in [4.78, 5) is 28.1. The zero-order valence-electron chi connectivity index (χ0n) is 13.5. The molecule has 24 heavy (non-hydrogen) atoms. The van der Waals surface area contributed by atoms with Gasteiger partial charge < -0.3 is 9.80 Å². The van der Waals surface area contributed by atoms with E-state index >= 15 is 0 Å². The number of halogens is 1. The predicted molar refractivity (Wildman–Crippen MR) is 93.7 cm³/mol. The third-order valence-electron chi connectivity index (χ3n) is 4.15. The number of amides is 1. The Bertz CT molecular complexity index is 797. The third kappa shape index (κ3) is 3.28. The quantitative estimate of drug-likeness (QED) is 0.851. The van der Waals surface area contributed by atoms with Crippen molar-refractivity contribution in [2.75, 3.05) is 31.1 Å². The van der Waals surface area contributed by atoms with Crippen LogP contribution in [0.4, 0.5) is 5.69 Å². The van der Waals surface area contributed by atoms with Crippen LogP contribution >= 0.6 is 11.6 Å². The molecule has 1 aromatic carbocycles. The van der Waals surface area contributed by atoms with Crippen molar-refractivity contribution in [1.29, 1.82) is 0 Å².